The van der Waals surface area contributed by atoms with Crippen LogP contribution in [0.3, 0.4) is 0 Å². The second-order valence-corrected chi connectivity index (χ2v) is 4.49. The zero-order valence-electron chi connectivity index (χ0n) is 6.18. The zero-order chi connectivity index (χ0) is 8.72. The maximum atomic E-state index is 5.82. The van der Waals surface area contributed by atoms with Gasteiger partial charge in [0.25, 0.3) is 0 Å². The first-order chi connectivity index (χ1) is 5.68. The van der Waals surface area contributed by atoms with Crippen molar-refractivity contribution < 1.29 is 4.74 Å². The highest BCUT2D eigenvalue weighted by molar-refractivity contribution is 9.11. The third-order valence-corrected chi connectivity index (χ3v) is 2.89. The summed E-state index contributed by atoms with van der Waals surface area (Å²) in [6.07, 6.45) is 0. The molecule has 2 rings (SSSR count). The van der Waals surface area contributed by atoms with E-state index in [4.69, 9.17) is 10.5 Å². The average Bonchev–Trinajstić information content (AvgIpc) is 2.33. The average molecular weight is 293 g/mol. The van der Waals surface area contributed by atoms with E-state index in [-0.39, 0.29) is 6.04 Å². The molecule has 1 aliphatic rings. The van der Waals surface area contributed by atoms with Gasteiger partial charge in [-0.3, -0.25) is 0 Å². The maximum absolute atomic E-state index is 5.82. The molecule has 1 aliphatic heterocycles. The third kappa shape index (κ3) is 1.28. The molecule has 0 aromatic heterocycles. The number of hydrogen-bond acceptors (Lipinski definition) is 2. The van der Waals surface area contributed by atoms with Crippen LogP contribution >= 0.6 is 31.9 Å². The Labute approximate surface area is 87.3 Å². The van der Waals surface area contributed by atoms with Crippen LogP contribution in [0.5, 0.6) is 5.75 Å². The van der Waals surface area contributed by atoms with Gasteiger partial charge in [0.15, 0.2) is 0 Å². The lowest BCUT2D eigenvalue weighted by Gasteiger charge is -2.03. The molecule has 0 fully saturated rings. The molecule has 4 heteroatoms. The zero-order valence-corrected chi connectivity index (χ0v) is 9.35. The van der Waals surface area contributed by atoms with Crippen LogP contribution in [0, 0.1) is 0 Å². The van der Waals surface area contributed by atoms with Crippen molar-refractivity contribution in [3.63, 3.8) is 0 Å². The van der Waals surface area contributed by atoms with Gasteiger partial charge in [0, 0.05) is 10.0 Å². The molecule has 12 heavy (non-hydrogen) atoms. The van der Waals surface area contributed by atoms with Crippen molar-refractivity contribution in [3.8, 4) is 5.75 Å². The molecule has 0 saturated heterocycles. The van der Waals surface area contributed by atoms with Crippen LogP contribution in [-0.4, -0.2) is 6.61 Å². The van der Waals surface area contributed by atoms with Gasteiger partial charge in [-0.05, 0) is 28.1 Å². The lowest BCUT2D eigenvalue weighted by molar-refractivity contribution is 0.331. The smallest absolute Gasteiger partial charge is 0.138 e. The van der Waals surface area contributed by atoms with Gasteiger partial charge in [-0.2, -0.15) is 0 Å². The topological polar surface area (TPSA) is 35.2 Å². The van der Waals surface area contributed by atoms with Gasteiger partial charge < -0.3 is 10.5 Å². The summed E-state index contributed by atoms with van der Waals surface area (Å²) in [4.78, 5) is 0. The Morgan fingerprint density at radius 1 is 1.42 bits per heavy atom. The van der Waals surface area contributed by atoms with Crippen molar-refractivity contribution >= 4 is 31.9 Å². The van der Waals surface area contributed by atoms with Crippen molar-refractivity contribution in [1.82, 2.24) is 0 Å². The summed E-state index contributed by atoms with van der Waals surface area (Å²) < 4.78 is 7.38. The van der Waals surface area contributed by atoms with Crippen LogP contribution in [-0.2, 0) is 0 Å². The first-order valence-electron chi connectivity index (χ1n) is 3.56. The molecular formula is C8H7Br2NO. The number of nitrogens with two attached hydrogens (primary N) is 1. The van der Waals surface area contributed by atoms with Gasteiger partial charge in [-0.15, -0.1) is 0 Å². The van der Waals surface area contributed by atoms with Crippen molar-refractivity contribution in [2.75, 3.05) is 6.61 Å². The standard InChI is InChI=1S/C8H7Br2NO/c9-4-1-5-7(11)3-12-8(5)6(10)2-4/h1-2,7H,3,11H2/t7-/m1/s1. The van der Waals surface area contributed by atoms with E-state index in [0.29, 0.717) is 6.61 Å². The fourth-order valence-corrected chi connectivity index (χ4v) is 2.64. The van der Waals surface area contributed by atoms with Gasteiger partial charge in [0.05, 0.1) is 10.5 Å². The van der Waals surface area contributed by atoms with E-state index in [2.05, 4.69) is 31.9 Å². The summed E-state index contributed by atoms with van der Waals surface area (Å²) in [7, 11) is 0. The monoisotopic (exact) mass is 291 g/mol. The maximum Gasteiger partial charge on any atom is 0.138 e. The molecule has 0 bridgehead atoms. The van der Waals surface area contributed by atoms with Crippen LogP contribution in [0.2, 0.25) is 0 Å². The summed E-state index contributed by atoms with van der Waals surface area (Å²) in [5.41, 5.74) is 6.88. The molecule has 1 aromatic carbocycles. The Bertz CT molecular complexity index is 327. The number of benzene rings is 1. The van der Waals surface area contributed by atoms with E-state index in [9.17, 15) is 0 Å². The fraction of sp³-hybridized carbons (Fsp3) is 0.250. The van der Waals surface area contributed by atoms with Crippen molar-refractivity contribution in [3.05, 3.63) is 26.6 Å². The lowest BCUT2D eigenvalue weighted by Crippen LogP contribution is -2.10. The molecule has 64 valence electrons. The highest BCUT2D eigenvalue weighted by atomic mass is 79.9. The number of ether oxygens (including phenoxy) is 1. The Morgan fingerprint density at radius 2 is 2.17 bits per heavy atom. The van der Waals surface area contributed by atoms with Gasteiger partial charge >= 0.3 is 0 Å². The summed E-state index contributed by atoms with van der Waals surface area (Å²) in [6, 6.07) is 3.96. The Kier molecular flexibility index (Phi) is 2.14. The third-order valence-electron chi connectivity index (χ3n) is 1.84. The van der Waals surface area contributed by atoms with Gasteiger partial charge in [0.2, 0.25) is 0 Å². The van der Waals surface area contributed by atoms with Crippen LogP contribution < -0.4 is 10.5 Å². The normalized spacial score (nSPS) is 20.4. The van der Waals surface area contributed by atoms with Gasteiger partial charge in [-0.25, -0.2) is 0 Å². The van der Waals surface area contributed by atoms with E-state index in [1.807, 2.05) is 12.1 Å². The minimum atomic E-state index is 0.00815. The predicted octanol–water partition coefficient (Wildman–Crippen LogP) is 2.60. The molecule has 0 unspecified atom stereocenters. The van der Waals surface area contributed by atoms with E-state index < -0.39 is 0 Å². The van der Waals surface area contributed by atoms with Gasteiger partial charge in [-0.1, -0.05) is 15.9 Å². The quantitative estimate of drug-likeness (QED) is 0.798. The molecule has 2 nitrogen and oxygen atoms in total. The second kappa shape index (κ2) is 3.01. The van der Waals surface area contributed by atoms with Crippen molar-refractivity contribution in [2.45, 2.75) is 6.04 Å². The molecule has 1 atom stereocenters. The molecule has 0 spiro atoms. The van der Waals surface area contributed by atoms with E-state index in [0.717, 1.165) is 20.3 Å². The van der Waals surface area contributed by atoms with E-state index in [1.54, 1.807) is 0 Å². The minimum Gasteiger partial charge on any atom is -0.490 e. The first-order valence-corrected chi connectivity index (χ1v) is 5.14. The van der Waals surface area contributed by atoms with Crippen LogP contribution in [0.25, 0.3) is 0 Å². The first kappa shape index (κ1) is 8.53. The molecule has 0 saturated carbocycles. The summed E-state index contributed by atoms with van der Waals surface area (Å²) in [6.45, 7) is 0.574. The molecule has 0 radical (unpaired) electrons. The van der Waals surface area contributed by atoms with Crippen LogP contribution in [0.4, 0.5) is 0 Å². The predicted molar refractivity (Wildman–Crippen MR) is 54.3 cm³/mol. The summed E-state index contributed by atoms with van der Waals surface area (Å²) >= 11 is 6.82. The molecule has 0 aliphatic carbocycles. The van der Waals surface area contributed by atoms with Crippen LogP contribution in [0.1, 0.15) is 11.6 Å². The number of halogens is 2. The SMILES string of the molecule is N[C@@H]1COc2c(Br)cc(Br)cc21. The number of rotatable bonds is 0. The number of hydrogen-bond donors (Lipinski definition) is 1. The Balaban J connectivity index is 2.60. The van der Waals surface area contributed by atoms with Crippen LogP contribution in [0.15, 0.2) is 21.1 Å². The summed E-state index contributed by atoms with van der Waals surface area (Å²) in [5, 5.41) is 0. The second-order valence-electron chi connectivity index (χ2n) is 2.72. The lowest BCUT2D eigenvalue weighted by atomic mass is 10.1. The molecule has 1 heterocycles. The van der Waals surface area contributed by atoms with E-state index in [1.165, 1.54) is 0 Å². The number of fused-ring (bicyclic) bond motifs is 1. The molecule has 2 N–H and O–H groups in total. The molecular weight excluding hydrogens is 286 g/mol. The van der Waals surface area contributed by atoms with E-state index >= 15 is 0 Å². The van der Waals surface area contributed by atoms with Crippen molar-refractivity contribution in [1.29, 1.82) is 0 Å². The van der Waals surface area contributed by atoms with Crippen molar-refractivity contribution in [2.24, 2.45) is 5.73 Å². The highest BCUT2D eigenvalue weighted by Crippen LogP contribution is 2.39. The Morgan fingerprint density at radius 3 is 2.92 bits per heavy atom. The highest BCUT2D eigenvalue weighted by Gasteiger charge is 2.23. The summed E-state index contributed by atoms with van der Waals surface area (Å²) in [5.74, 6) is 0.880. The minimum absolute atomic E-state index is 0.00815. The van der Waals surface area contributed by atoms with Gasteiger partial charge in [0.1, 0.15) is 12.4 Å². The molecule has 0 amide bonds. The molecule has 1 aromatic rings. The Hall–Kier alpha value is -0.0600. The fourth-order valence-electron chi connectivity index (χ4n) is 1.27. The largest absolute Gasteiger partial charge is 0.490 e.